The molecule has 4 heteroatoms. The average molecular weight is 333 g/mol. The molecule has 0 spiro atoms. The van der Waals surface area contributed by atoms with Crippen molar-refractivity contribution in [2.24, 2.45) is 0 Å². The number of aromatic nitrogens is 1. The molecule has 0 fully saturated rings. The molecule has 0 saturated carbocycles. The van der Waals surface area contributed by atoms with Crippen molar-refractivity contribution < 1.29 is 4.79 Å². The van der Waals surface area contributed by atoms with Crippen molar-refractivity contribution in [2.75, 3.05) is 5.32 Å². The van der Waals surface area contributed by atoms with Gasteiger partial charge in [-0.1, -0.05) is 25.5 Å². The fourth-order valence-corrected chi connectivity index (χ4v) is 2.08. The molecule has 0 radical (unpaired) electrons. The third kappa shape index (κ3) is 4.17. The number of halogens is 1. The standard InChI is InChI=1S/C16H17BrN2O/c1-2-3-4-12-5-8-14(9-6-12)19-16(20)15-10-7-13(17)11-18-15/h5-11H,2-4H2,1H3,(H,19,20). The molecule has 20 heavy (non-hydrogen) atoms. The SMILES string of the molecule is CCCCc1ccc(NC(=O)c2ccc(Br)cn2)cc1. The molecule has 1 aromatic carbocycles. The highest BCUT2D eigenvalue weighted by atomic mass is 79.9. The Labute approximate surface area is 127 Å². The molecule has 2 aromatic rings. The Morgan fingerprint density at radius 3 is 2.55 bits per heavy atom. The van der Waals surface area contributed by atoms with E-state index in [4.69, 9.17) is 0 Å². The first kappa shape index (κ1) is 14.7. The molecule has 1 heterocycles. The third-order valence-electron chi connectivity index (χ3n) is 2.99. The summed E-state index contributed by atoms with van der Waals surface area (Å²) in [6, 6.07) is 11.5. The smallest absolute Gasteiger partial charge is 0.274 e. The van der Waals surface area contributed by atoms with E-state index in [9.17, 15) is 4.79 Å². The van der Waals surface area contributed by atoms with Crippen molar-refractivity contribution in [3.05, 3.63) is 58.3 Å². The maximum Gasteiger partial charge on any atom is 0.274 e. The number of anilines is 1. The van der Waals surface area contributed by atoms with E-state index in [0.29, 0.717) is 5.69 Å². The Morgan fingerprint density at radius 2 is 1.95 bits per heavy atom. The fourth-order valence-electron chi connectivity index (χ4n) is 1.84. The lowest BCUT2D eigenvalue weighted by molar-refractivity contribution is 0.102. The minimum absolute atomic E-state index is 0.196. The first-order chi connectivity index (χ1) is 9.69. The van der Waals surface area contributed by atoms with Crippen molar-refractivity contribution in [2.45, 2.75) is 26.2 Å². The molecule has 0 atom stereocenters. The van der Waals surface area contributed by atoms with Crippen molar-refractivity contribution in [3.63, 3.8) is 0 Å². The second kappa shape index (κ2) is 7.20. The predicted molar refractivity (Wildman–Crippen MR) is 84.9 cm³/mol. The average Bonchev–Trinajstić information content (AvgIpc) is 2.47. The van der Waals surface area contributed by atoms with Crippen molar-refractivity contribution in [3.8, 4) is 0 Å². The third-order valence-corrected chi connectivity index (χ3v) is 3.46. The van der Waals surface area contributed by atoms with Crippen LogP contribution in [-0.2, 0) is 6.42 Å². The molecule has 1 N–H and O–H groups in total. The molecule has 1 amide bonds. The van der Waals surface area contributed by atoms with Crippen molar-refractivity contribution >= 4 is 27.5 Å². The summed E-state index contributed by atoms with van der Waals surface area (Å²) in [4.78, 5) is 16.1. The lowest BCUT2D eigenvalue weighted by Crippen LogP contribution is -2.13. The zero-order chi connectivity index (χ0) is 14.4. The number of hydrogen-bond donors (Lipinski definition) is 1. The van der Waals surface area contributed by atoms with Crippen LogP contribution in [0.25, 0.3) is 0 Å². The number of rotatable bonds is 5. The van der Waals surface area contributed by atoms with Gasteiger partial charge in [0.25, 0.3) is 5.91 Å². The summed E-state index contributed by atoms with van der Waals surface area (Å²) in [6.45, 7) is 2.18. The number of carbonyl (C=O) groups excluding carboxylic acids is 1. The van der Waals surface area contributed by atoms with Crippen LogP contribution in [0.2, 0.25) is 0 Å². The Bertz CT molecular complexity index is 564. The molecule has 2 rings (SSSR count). The van der Waals surface area contributed by atoms with E-state index >= 15 is 0 Å². The van der Waals surface area contributed by atoms with Gasteiger partial charge in [-0.3, -0.25) is 4.79 Å². The maximum absolute atomic E-state index is 12.0. The molecule has 0 unspecified atom stereocenters. The van der Waals surface area contributed by atoms with Crippen LogP contribution in [-0.4, -0.2) is 10.9 Å². The quantitative estimate of drug-likeness (QED) is 0.879. The predicted octanol–water partition coefficient (Wildman–Crippen LogP) is 4.44. The zero-order valence-corrected chi connectivity index (χ0v) is 13.0. The van der Waals surface area contributed by atoms with Crippen LogP contribution in [0.3, 0.4) is 0 Å². The first-order valence-electron chi connectivity index (χ1n) is 6.71. The number of hydrogen-bond acceptors (Lipinski definition) is 2. The minimum Gasteiger partial charge on any atom is -0.321 e. The van der Waals surface area contributed by atoms with Crippen molar-refractivity contribution in [1.82, 2.24) is 4.98 Å². The molecule has 104 valence electrons. The molecule has 1 aromatic heterocycles. The van der Waals surface area contributed by atoms with E-state index in [1.807, 2.05) is 12.1 Å². The summed E-state index contributed by atoms with van der Waals surface area (Å²) in [5.74, 6) is -0.196. The highest BCUT2D eigenvalue weighted by Crippen LogP contribution is 2.13. The van der Waals surface area contributed by atoms with Crippen molar-refractivity contribution in [1.29, 1.82) is 0 Å². The maximum atomic E-state index is 12.0. The highest BCUT2D eigenvalue weighted by molar-refractivity contribution is 9.10. The van der Waals surface area contributed by atoms with Crippen LogP contribution < -0.4 is 5.32 Å². The van der Waals surface area contributed by atoms with Gasteiger partial charge in [-0.2, -0.15) is 0 Å². The van der Waals surface area contributed by atoms with Gasteiger partial charge in [0, 0.05) is 16.4 Å². The molecule has 0 aliphatic rings. The highest BCUT2D eigenvalue weighted by Gasteiger charge is 2.07. The van der Waals surface area contributed by atoms with Gasteiger partial charge in [-0.15, -0.1) is 0 Å². The molecule has 0 aliphatic heterocycles. The second-order valence-corrected chi connectivity index (χ2v) is 5.53. The van der Waals surface area contributed by atoms with Gasteiger partial charge in [-0.25, -0.2) is 4.98 Å². The van der Waals surface area contributed by atoms with E-state index < -0.39 is 0 Å². The van der Waals surface area contributed by atoms with E-state index in [1.165, 1.54) is 18.4 Å². The van der Waals surface area contributed by atoms with Crippen LogP contribution in [0, 0.1) is 0 Å². The molecule has 0 saturated heterocycles. The Morgan fingerprint density at radius 1 is 1.20 bits per heavy atom. The number of nitrogens with one attached hydrogen (secondary N) is 1. The van der Waals surface area contributed by atoms with Crippen LogP contribution in [0.1, 0.15) is 35.8 Å². The lowest BCUT2D eigenvalue weighted by Gasteiger charge is -2.06. The second-order valence-electron chi connectivity index (χ2n) is 4.62. The van der Waals surface area contributed by atoms with Gasteiger partial charge in [0.2, 0.25) is 0 Å². The summed E-state index contributed by atoms with van der Waals surface area (Å²) in [6.07, 6.45) is 5.07. The molecule has 0 bridgehead atoms. The van der Waals surface area contributed by atoms with E-state index in [1.54, 1.807) is 18.3 Å². The minimum atomic E-state index is -0.196. The van der Waals surface area contributed by atoms with Crippen LogP contribution in [0.5, 0.6) is 0 Å². The fraction of sp³-hybridized carbons (Fsp3) is 0.250. The topological polar surface area (TPSA) is 42.0 Å². The largest absolute Gasteiger partial charge is 0.321 e. The van der Waals surface area contributed by atoms with E-state index in [-0.39, 0.29) is 5.91 Å². The van der Waals surface area contributed by atoms with E-state index in [2.05, 4.69) is 45.3 Å². The number of unbranched alkanes of at least 4 members (excludes halogenated alkanes) is 1. The zero-order valence-electron chi connectivity index (χ0n) is 11.4. The Kier molecular flexibility index (Phi) is 5.30. The van der Waals surface area contributed by atoms with Gasteiger partial charge >= 0.3 is 0 Å². The number of carbonyl (C=O) groups is 1. The lowest BCUT2D eigenvalue weighted by atomic mass is 10.1. The van der Waals surface area contributed by atoms with E-state index in [0.717, 1.165) is 16.6 Å². The number of nitrogens with zero attached hydrogens (tertiary/aromatic N) is 1. The number of aryl methyl sites for hydroxylation is 1. The normalized spacial score (nSPS) is 10.3. The summed E-state index contributed by atoms with van der Waals surface area (Å²) in [7, 11) is 0. The van der Waals surface area contributed by atoms with Crippen LogP contribution >= 0.6 is 15.9 Å². The molecule has 0 aliphatic carbocycles. The Hall–Kier alpha value is -1.68. The van der Waals surface area contributed by atoms with Gasteiger partial charge in [0.1, 0.15) is 5.69 Å². The van der Waals surface area contributed by atoms with Crippen LogP contribution in [0.4, 0.5) is 5.69 Å². The first-order valence-corrected chi connectivity index (χ1v) is 7.50. The van der Waals surface area contributed by atoms with Gasteiger partial charge in [0.05, 0.1) is 0 Å². The summed E-state index contributed by atoms with van der Waals surface area (Å²) < 4.78 is 0.856. The van der Waals surface area contributed by atoms with Crippen LogP contribution in [0.15, 0.2) is 47.1 Å². The van der Waals surface area contributed by atoms with Gasteiger partial charge < -0.3 is 5.32 Å². The number of pyridine rings is 1. The summed E-state index contributed by atoms with van der Waals surface area (Å²) in [5.41, 5.74) is 2.50. The monoisotopic (exact) mass is 332 g/mol. The molecular formula is C16H17BrN2O. The van der Waals surface area contributed by atoms with Gasteiger partial charge in [0.15, 0.2) is 0 Å². The molecule has 3 nitrogen and oxygen atoms in total. The Balaban J connectivity index is 1.99. The summed E-state index contributed by atoms with van der Waals surface area (Å²) >= 11 is 3.30. The number of amides is 1. The van der Waals surface area contributed by atoms with Gasteiger partial charge in [-0.05, 0) is 58.6 Å². The molecular weight excluding hydrogens is 316 g/mol. The number of benzene rings is 1. The summed E-state index contributed by atoms with van der Waals surface area (Å²) in [5, 5.41) is 2.84.